The zero-order chi connectivity index (χ0) is 12.0. The van der Waals surface area contributed by atoms with Crippen molar-refractivity contribution in [3.63, 3.8) is 0 Å². The third-order valence-corrected chi connectivity index (χ3v) is 2.78. The SMILES string of the molecule is CC(C)c1noc2ccc3cnc(N)nc3c12. The van der Waals surface area contributed by atoms with Gasteiger partial charge in [-0.25, -0.2) is 9.97 Å². The van der Waals surface area contributed by atoms with Gasteiger partial charge in [-0.15, -0.1) is 0 Å². The van der Waals surface area contributed by atoms with E-state index in [1.165, 1.54) is 0 Å². The van der Waals surface area contributed by atoms with Gasteiger partial charge in [0.2, 0.25) is 5.95 Å². The van der Waals surface area contributed by atoms with Gasteiger partial charge in [0, 0.05) is 11.6 Å². The van der Waals surface area contributed by atoms with Gasteiger partial charge >= 0.3 is 0 Å². The van der Waals surface area contributed by atoms with Crippen molar-refractivity contribution in [2.75, 3.05) is 5.73 Å². The van der Waals surface area contributed by atoms with Crippen LogP contribution in [0.25, 0.3) is 21.9 Å². The lowest BCUT2D eigenvalue weighted by atomic mass is 10.0. The fourth-order valence-electron chi connectivity index (χ4n) is 1.95. The Morgan fingerprint density at radius 3 is 2.88 bits per heavy atom. The maximum atomic E-state index is 5.64. The number of anilines is 1. The first-order chi connectivity index (χ1) is 8.16. The van der Waals surface area contributed by atoms with E-state index in [4.69, 9.17) is 10.3 Å². The molecule has 0 aliphatic rings. The standard InChI is InChI=1S/C12H12N4O/c1-6(2)10-9-8(17-16-10)4-3-7-5-14-12(13)15-11(7)9/h3-6H,1-2H3,(H2,13,14,15). The number of aromatic nitrogens is 3. The fourth-order valence-corrected chi connectivity index (χ4v) is 1.95. The molecular weight excluding hydrogens is 216 g/mol. The summed E-state index contributed by atoms with van der Waals surface area (Å²) in [6.45, 7) is 4.14. The number of nitrogen functional groups attached to an aromatic ring is 1. The number of hydrogen-bond acceptors (Lipinski definition) is 5. The molecule has 0 radical (unpaired) electrons. The number of hydrogen-bond donors (Lipinski definition) is 1. The molecule has 3 aromatic rings. The quantitative estimate of drug-likeness (QED) is 0.692. The van der Waals surface area contributed by atoms with Crippen molar-refractivity contribution in [1.29, 1.82) is 0 Å². The second-order valence-electron chi connectivity index (χ2n) is 4.33. The first-order valence-corrected chi connectivity index (χ1v) is 5.47. The van der Waals surface area contributed by atoms with Gasteiger partial charge in [0.25, 0.3) is 0 Å². The van der Waals surface area contributed by atoms with Crippen molar-refractivity contribution < 1.29 is 4.52 Å². The van der Waals surface area contributed by atoms with Crippen LogP contribution in [0.3, 0.4) is 0 Å². The highest BCUT2D eigenvalue weighted by molar-refractivity contribution is 6.04. The summed E-state index contributed by atoms with van der Waals surface area (Å²) in [5.74, 6) is 0.541. The third-order valence-electron chi connectivity index (χ3n) is 2.78. The normalized spacial score (nSPS) is 11.7. The Kier molecular flexibility index (Phi) is 2.01. The predicted molar refractivity (Wildman–Crippen MR) is 65.6 cm³/mol. The molecule has 0 saturated heterocycles. The summed E-state index contributed by atoms with van der Waals surface area (Å²) in [5, 5.41) is 5.98. The van der Waals surface area contributed by atoms with Crippen LogP contribution >= 0.6 is 0 Å². The molecule has 1 aromatic carbocycles. The molecule has 2 aromatic heterocycles. The third kappa shape index (κ3) is 1.43. The van der Waals surface area contributed by atoms with Gasteiger partial charge in [-0.3, -0.25) is 0 Å². The molecule has 0 unspecified atom stereocenters. The van der Waals surface area contributed by atoms with E-state index in [0.29, 0.717) is 0 Å². The second kappa shape index (κ2) is 3.41. The zero-order valence-electron chi connectivity index (χ0n) is 9.64. The molecule has 0 saturated carbocycles. The predicted octanol–water partition coefficient (Wildman–Crippen LogP) is 2.48. The Hall–Kier alpha value is -2.17. The molecule has 0 fully saturated rings. The smallest absolute Gasteiger partial charge is 0.220 e. The fraction of sp³-hybridized carbons (Fsp3) is 0.250. The summed E-state index contributed by atoms with van der Waals surface area (Å²) >= 11 is 0. The van der Waals surface area contributed by atoms with E-state index >= 15 is 0 Å². The van der Waals surface area contributed by atoms with Gasteiger partial charge in [0.1, 0.15) is 0 Å². The molecule has 0 atom stereocenters. The average Bonchev–Trinajstić information content (AvgIpc) is 2.73. The van der Waals surface area contributed by atoms with Crippen LogP contribution in [0, 0.1) is 0 Å². The lowest BCUT2D eigenvalue weighted by Gasteiger charge is -2.02. The topological polar surface area (TPSA) is 77.8 Å². The van der Waals surface area contributed by atoms with Crippen LogP contribution in [-0.4, -0.2) is 15.1 Å². The lowest BCUT2D eigenvalue weighted by Crippen LogP contribution is -1.95. The van der Waals surface area contributed by atoms with Crippen LogP contribution < -0.4 is 5.73 Å². The molecule has 3 rings (SSSR count). The molecule has 5 heteroatoms. The Bertz CT molecular complexity index is 702. The van der Waals surface area contributed by atoms with Crippen LogP contribution in [0.4, 0.5) is 5.95 Å². The van der Waals surface area contributed by atoms with Gasteiger partial charge < -0.3 is 10.3 Å². The van der Waals surface area contributed by atoms with Crippen molar-refractivity contribution in [2.24, 2.45) is 0 Å². The van der Waals surface area contributed by atoms with Crippen LogP contribution in [0.5, 0.6) is 0 Å². The van der Waals surface area contributed by atoms with E-state index < -0.39 is 0 Å². The first kappa shape index (κ1) is 10.0. The van der Waals surface area contributed by atoms with Crippen LogP contribution in [0.15, 0.2) is 22.9 Å². The van der Waals surface area contributed by atoms with Gasteiger partial charge in [-0.2, -0.15) is 0 Å². The minimum Gasteiger partial charge on any atom is -0.368 e. The molecule has 0 aliphatic heterocycles. The minimum absolute atomic E-state index is 0.265. The summed E-state index contributed by atoms with van der Waals surface area (Å²) in [4.78, 5) is 8.27. The van der Waals surface area contributed by atoms with Crippen LogP contribution in [0.1, 0.15) is 25.5 Å². The first-order valence-electron chi connectivity index (χ1n) is 5.47. The van der Waals surface area contributed by atoms with E-state index in [9.17, 15) is 0 Å². The van der Waals surface area contributed by atoms with Crippen molar-refractivity contribution >= 4 is 27.8 Å². The maximum absolute atomic E-state index is 5.64. The molecule has 5 nitrogen and oxygen atoms in total. The Morgan fingerprint density at radius 2 is 2.12 bits per heavy atom. The van der Waals surface area contributed by atoms with Crippen LogP contribution in [0.2, 0.25) is 0 Å². The summed E-state index contributed by atoms with van der Waals surface area (Å²) in [7, 11) is 0. The summed E-state index contributed by atoms with van der Waals surface area (Å²) in [6, 6.07) is 3.79. The van der Waals surface area contributed by atoms with Crippen molar-refractivity contribution in [3.8, 4) is 0 Å². The summed E-state index contributed by atoms with van der Waals surface area (Å²) in [5.41, 5.74) is 8.08. The number of rotatable bonds is 1. The highest BCUT2D eigenvalue weighted by Gasteiger charge is 2.15. The summed E-state index contributed by atoms with van der Waals surface area (Å²) < 4.78 is 5.31. The van der Waals surface area contributed by atoms with Crippen molar-refractivity contribution in [2.45, 2.75) is 19.8 Å². The van der Waals surface area contributed by atoms with Crippen molar-refractivity contribution in [1.82, 2.24) is 15.1 Å². The second-order valence-corrected chi connectivity index (χ2v) is 4.33. The van der Waals surface area contributed by atoms with Gasteiger partial charge in [-0.1, -0.05) is 19.0 Å². The zero-order valence-corrected chi connectivity index (χ0v) is 9.64. The van der Waals surface area contributed by atoms with E-state index in [2.05, 4.69) is 29.0 Å². The van der Waals surface area contributed by atoms with Gasteiger partial charge in [0.15, 0.2) is 5.58 Å². The Labute approximate surface area is 97.6 Å². The highest BCUT2D eigenvalue weighted by atomic mass is 16.5. The lowest BCUT2D eigenvalue weighted by molar-refractivity contribution is 0.441. The molecule has 2 N–H and O–H groups in total. The van der Waals surface area contributed by atoms with E-state index in [1.807, 2.05) is 12.1 Å². The van der Waals surface area contributed by atoms with Gasteiger partial charge in [0.05, 0.1) is 16.6 Å². The monoisotopic (exact) mass is 228 g/mol. The maximum Gasteiger partial charge on any atom is 0.220 e. The molecule has 0 amide bonds. The Balaban J connectivity index is 2.51. The number of benzene rings is 1. The minimum atomic E-state index is 0.265. The number of fused-ring (bicyclic) bond motifs is 3. The number of nitrogens with zero attached hydrogens (tertiary/aromatic N) is 3. The van der Waals surface area contributed by atoms with Crippen LogP contribution in [-0.2, 0) is 0 Å². The Morgan fingerprint density at radius 1 is 1.29 bits per heavy atom. The van der Waals surface area contributed by atoms with Gasteiger partial charge in [-0.05, 0) is 18.1 Å². The molecule has 86 valence electrons. The number of nitrogens with two attached hydrogens (primary N) is 1. The largest absolute Gasteiger partial charge is 0.368 e. The summed E-state index contributed by atoms with van der Waals surface area (Å²) in [6.07, 6.45) is 1.72. The van der Waals surface area contributed by atoms with E-state index in [-0.39, 0.29) is 11.9 Å². The average molecular weight is 228 g/mol. The molecule has 0 aliphatic carbocycles. The molecular formula is C12H12N4O. The molecule has 2 heterocycles. The molecule has 17 heavy (non-hydrogen) atoms. The van der Waals surface area contributed by atoms with E-state index in [0.717, 1.165) is 27.6 Å². The highest BCUT2D eigenvalue weighted by Crippen LogP contribution is 2.30. The molecule has 0 bridgehead atoms. The molecule has 0 spiro atoms. The van der Waals surface area contributed by atoms with E-state index in [1.54, 1.807) is 6.20 Å². The van der Waals surface area contributed by atoms with Crippen molar-refractivity contribution in [3.05, 3.63) is 24.0 Å².